The minimum atomic E-state index is -0.346. The van der Waals surface area contributed by atoms with Crippen molar-refractivity contribution in [3.05, 3.63) is 0 Å². The largest absolute Gasteiger partial charge is 0.236 e. The van der Waals surface area contributed by atoms with Gasteiger partial charge < -0.3 is 0 Å². The quantitative estimate of drug-likeness (QED) is 0.502. The number of hydrogen-bond acceptors (Lipinski definition) is 2. The van der Waals surface area contributed by atoms with Crippen molar-refractivity contribution < 1.29 is 9.78 Å². The molecule has 0 amide bonds. The molecular formula is C7H12Cl2O2. The van der Waals surface area contributed by atoms with Crippen LogP contribution in [0.5, 0.6) is 0 Å². The summed E-state index contributed by atoms with van der Waals surface area (Å²) in [7, 11) is 0. The van der Waals surface area contributed by atoms with E-state index >= 15 is 0 Å². The fourth-order valence-electron chi connectivity index (χ4n) is 1.08. The maximum absolute atomic E-state index is 5.59. The van der Waals surface area contributed by atoms with Crippen LogP contribution in [0.1, 0.15) is 25.7 Å². The predicted molar refractivity (Wildman–Crippen MR) is 44.8 cm³/mol. The first-order valence-corrected chi connectivity index (χ1v) is 4.73. The Labute approximate surface area is 76.7 Å². The second kappa shape index (κ2) is 5.20. The van der Waals surface area contributed by atoms with E-state index in [0.29, 0.717) is 13.0 Å². The lowest BCUT2D eigenvalue weighted by atomic mass is 10.1. The molecule has 4 heteroatoms. The summed E-state index contributed by atoms with van der Waals surface area (Å²) in [5, 5.41) is 0. The molecule has 66 valence electrons. The molecule has 2 nitrogen and oxygen atoms in total. The minimum absolute atomic E-state index is 0.0810. The topological polar surface area (TPSA) is 18.5 Å². The van der Waals surface area contributed by atoms with Gasteiger partial charge in [0.2, 0.25) is 0 Å². The van der Waals surface area contributed by atoms with Gasteiger partial charge in [-0.25, -0.2) is 9.78 Å². The third-order valence-electron chi connectivity index (χ3n) is 1.65. The lowest BCUT2D eigenvalue weighted by molar-refractivity contribution is -0.318. The molecule has 0 aromatic rings. The molecular weight excluding hydrogens is 187 g/mol. The SMILES string of the molecule is ClC(Cl)CC1CCCCOO1. The summed E-state index contributed by atoms with van der Waals surface area (Å²) in [6, 6.07) is 0. The maximum Gasteiger partial charge on any atom is 0.110 e. The fourth-order valence-corrected chi connectivity index (χ4v) is 1.48. The molecule has 1 heterocycles. The van der Waals surface area contributed by atoms with Crippen molar-refractivity contribution in [2.24, 2.45) is 0 Å². The molecule has 0 radical (unpaired) electrons. The smallest absolute Gasteiger partial charge is 0.110 e. The first-order chi connectivity index (χ1) is 5.29. The third kappa shape index (κ3) is 4.16. The van der Waals surface area contributed by atoms with Gasteiger partial charge in [-0.2, -0.15) is 0 Å². The van der Waals surface area contributed by atoms with E-state index in [1.165, 1.54) is 0 Å². The van der Waals surface area contributed by atoms with Crippen LogP contribution >= 0.6 is 23.2 Å². The maximum atomic E-state index is 5.59. The highest BCUT2D eigenvalue weighted by atomic mass is 35.5. The molecule has 1 fully saturated rings. The van der Waals surface area contributed by atoms with E-state index in [4.69, 9.17) is 33.0 Å². The van der Waals surface area contributed by atoms with Crippen LogP contribution in [-0.4, -0.2) is 17.5 Å². The fraction of sp³-hybridized carbons (Fsp3) is 1.00. The van der Waals surface area contributed by atoms with Crippen LogP contribution in [0.4, 0.5) is 0 Å². The van der Waals surface area contributed by atoms with Crippen LogP contribution in [0, 0.1) is 0 Å². The lowest BCUT2D eigenvalue weighted by Crippen LogP contribution is -2.13. The Morgan fingerprint density at radius 1 is 1.36 bits per heavy atom. The van der Waals surface area contributed by atoms with Crippen molar-refractivity contribution in [2.75, 3.05) is 6.61 Å². The Balaban J connectivity index is 2.20. The van der Waals surface area contributed by atoms with E-state index in [2.05, 4.69) is 0 Å². The second-order valence-corrected chi connectivity index (χ2v) is 3.94. The summed E-state index contributed by atoms with van der Waals surface area (Å²) in [5.41, 5.74) is 0. The molecule has 0 saturated carbocycles. The molecule has 0 bridgehead atoms. The van der Waals surface area contributed by atoms with E-state index in [9.17, 15) is 0 Å². The van der Waals surface area contributed by atoms with Gasteiger partial charge in [-0.15, -0.1) is 23.2 Å². The summed E-state index contributed by atoms with van der Waals surface area (Å²) in [5.74, 6) is 0. The van der Waals surface area contributed by atoms with Gasteiger partial charge >= 0.3 is 0 Å². The standard InChI is InChI=1S/C7H12Cl2O2/c8-7(9)5-6-3-1-2-4-10-11-6/h6-7H,1-5H2. The Kier molecular flexibility index (Phi) is 4.53. The summed E-state index contributed by atoms with van der Waals surface area (Å²) in [6.07, 6.45) is 3.92. The average Bonchev–Trinajstić information content (AvgIpc) is 2.14. The van der Waals surface area contributed by atoms with Crippen molar-refractivity contribution in [2.45, 2.75) is 36.6 Å². The van der Waals surface area contributed by atoms with Crippen LogP contribution in [0.25, 0.3) is 0 Å². The monoisotopic (exact) mass is 198 g/mol. The van der Waals surface area contributed by atoms with Gasteiger partial charge in [-0.3, -0.25) is 0 Å². The van der Waals surface area contributed by atoms with Crippen molar-refractivity contribution in [1.82, 2.24) is 0 Å². The minimum Gasteiger partial charge on any atom is -0.236 e. The molecule has 0 aliphatic carbocycles. The van der Waals surface area contributed by atoms with Gasteiger partial charge in [0, 0.05) is 6.42 Å². The van der Waals surface area contributed by atoms with E-state index in [-0.39, 0.29) is 10.9 Å². The highest BCUT2D eigenvalue weighted by Crippen LogP contribution is 2.19. The van der Waals surface area contributed by atoms with Gasteiger partial charge in [0.15, 0.2) is 0 Å². The molecule has 0 aromatic heterocycles. The van der Waals surface area contributed by atoms with Crippen LogP contribution < -0.4 is 0 Å². The number of rotatable bonds is 2. The lowest BCUT2D eigenvalue weighted by Gasteiger charge is -2.12. The van der Waals surface area contributed by atoms with Crippen molar-refractivity contribution in [1.29, 1.82) is 0 Å². The molecule has 1 saturated heterocycles. The molecule has 0 spiro atoms. The Morgan fingerprint density at radius 3 is 2.91 bits per heavy atom. The van der Waals surface area contributed by atoms with Gasteiger partial charge in [0.1, 0.15) is 4.84 Å². The molecule has 0 aromatic carbocycles. The van der Waals surface area contributed by atoms with Crippen LogP contribution in [0.2, 0.25) is 0 Å². The first kappa shape index (κ1) is 9.59. The highest BCUT2D eigenvalue weighted by Gasteiger charge is 2.16. The van der Waals surface area contributed by atoms with Crippen molar-refractivity contribution >= 4 is 23.2 Å². The zero-order valence-electron chi connectivity index (χ0n) is 6.26. The van der Waals surface area contributed by atoms with Gasteiger partial charge in [0.25, 0.3) is 0 Å². The van der Waals surface area contributed by atoms with Crippen LogP contribution in [-0.2, 0) is 9.78 Å². The van der Waals surface area contributed by atoms with Crippen LogP contribution in [0.3, 0.4) is 0 Å². The van der Waals surface area contributed by atoms with Gasteiger partial charge in [0.05, 0.1) is 12.7 Å². The Bertz CT molecular complexity index is 101. The van der Waals surface area contributed by atoms with E-state index in [1.807, 2.05) is 0 Å². The Hall–Kier alpha value is 0.500. The second-order valence-electron chi connectivity index (χ2n) is 2.66. The van der Waals surface area contributed by atoms with Gasteiger partial charge in [-0.1, -0.05) is 0 Å². The zero-order chi connectivity index (χ0) is 8.10. The first-order valence-electron chi connectivity index (χ1n) is 3.85. The van der Waals surface area contributed by atoms with E-state index in [1.54, 1.807) is 0 Å². The summed E-state index contributed by atoms with van der Waals surface area (Å²) >= 11 is 11.2. The summed E-state index contributed by atoms with van der Waals surface area (Å²) in [4.78, 5) is 9.59. The molecule has 0 N–H and O–H groups in total. The molecule has 1 aliphatic heterocycles. The predicted octanol–water partition coefficient (Wildman–Crippen LogP) is 2.68. The number of hydrogen-bond donors (Lipinski definition) is 0. The van der Waals surface area contributed by atoms with E-state index in [0.717, 1.165) is 19.3 Å². The summed E-state index contributed by atoms with van der Waals surface area (Å²) in [6.45, 7) is 0.686. The van der Waals surface area contributed by atoms with Crippen molar-refractivity contribution in [3.63, 3.8) is 0 Å². The average molecular weight is 199 g/mol. The van der Waals surface area contributed by atoms with Gasteiger partial charge in [-0.05, 0) is 19.3 Å². The number of alkyl halides is 2. The molecule has 1 atom stereocenters. The normalized spacial score (nSPS) is 27.0. The Morgan fingerprint density at radius 2 is 2.18 bits per heavy atom. The molecule has 1 aliphatic rings. The van der Waals surface area contributed by atoms with E-state index < -0.39 is 0 Å². The molecule has 1 rings (SSSR count). The zero-order valence-corrected chi connectivity index (χ0v) is 7.77. The molecule has 11 heavy (non-hydrogen) atoms. The van der Waals surface area contributed by atoms with Crippen LogP contribution in [0.15, 0.2) is 0 Å². The third-order valence-corrected chi connectivity index (χ3v) is 2.01. The molecule has 1 unspecified atom stereocenters. The van der Waals surface area contributed by atoms with Crippen molar-refractivity contribution in [3.8, 4) is 0 Å². The number of halogens is 2. The summed E-state index contributed by atoms with van der Waals surface area (Å²) < 4.78 is 0. The highest BCUT2D eigenvalue weighted by molar-refractivity contribution is 6.44.